The van der Waals surface area contributed by atoms with Gasteiger partial charge in [-0.25, -0.2) is 0 Å². The minimum absolute atomic E-state index is 0.0593. The van der Waals surface area contributed by atoms with Crippen LogP contribution in [0.25, 0.3) is 0 Å². The Morgan fingerprint density at radius 3 is 2.36 bits per heavy atom. The highest BCUT2D eigenvalue weighted by atomic mass is 79.9. The summed E-state index contributed by atoms with van der Waals surface area (Å²) in [7, 11) is 0. The molecule has 2 aliphatic rings. The monoisotopic (exact) mass is 401 g/mol. The number of hydrogen-bond donors (Lipinski definition) is 1. The molecular weight excluding hydrogens is 382 g/mol. The largest absolute Gasteiger partial charge is 0.486 e. The summed E-state index contributed by atoms with van der Waals surface area (Å²) in [5.74, 6) is 1.48. The minimum atomic E-state index is -0.450. The molecule has 4 nitrogen and oxygen atoms in total. The van der Waals surface area contributed by atoms with Crippen LogP contribution < -0.4 is 14.8 Å². The predicted molar refractivity (Wildman–Crippen MR) is 100 cm³/mol. The third-order valence-corrected chi connectivity index (χ3v) is 5.62. The van der Waals surface area contributed by atoms with Gasteiger partial charge in [0, 0.05) is 16.2 Å². The Hall–Kier alpha value is -2.01. The summed E-state index contributed by atoms with van der Waals surface area (Å²) in [4.78, 5) is 13.2. The Labute approximate surface area is 155 Å². The first-order valence-electron chi connectivity index (χ1n) is 8.65. The quantitative estimate of drug-likeness (QED) is 0.812. The lowest BCUT2D eigenvalue weighted by molar-refractivity contribution is -0.121. The summed E-state index contributed by atoms with van der Waals surface area (Å²) in [6, 6.07) is 13.7. The lowest BCUT2D eigenvalue weighted by Crippen LogP contribution is -2.38. The molecule has 130 valence electrons. The van der Waals surface area contributed by atoms with Gasteiger partial charge >= 0.3 is 0 Å². The zero-order chi connectivity index (χ0) is 17.3. The fraction of sp³-hybridized carbons (Fsp3) is 0.350. The van der Waals surface area contributed by atoms with E-state index in [1.54, 1.807) is 0 Å². The SMILES string of the molecule is O=C(Nc1ccc2c(c1)OCCO2)C1(c2ccc(Br)cc2)CCCC1. The Kier molecular flexibility index (Phi) is 4.42. The first-order valence-corrected chi connectivity index (χ1v) is 9.44. The van der Waals surface area contributed by atoms with Crippen molar-refractivity contribution < 1.29 is 14.3 Å². The zero-order valence-electron chi connectivity index (χ0n) is 13.9. The maximum atomic E-state index is 13.2. The normalized spacial score (nSPS) is 18.0. The van der Waals surface area contributed by atoms with Gasteiger partial charge in [-0.15, -0.1) is 0 Å². The predicted octanol–water partition coefficient (Wildman–Crippen LogP) is 4.67. The second-order valence-corrected chi connectivity index (χ2v) is 7.52. The summed E-state index contributed by atoms with van der Waals surface area (Å²) < 4.78 is 12.2. The van der Waals surface area contributed by atoms with E-state index in [0.29, 0.717) is 19.0 Å². The van der Waals surface area contributed by atoms with Crippen molar-refractivity contribution in [2.75, 3.05) is 18.5 Å². The third-order valence-electron chi connectivity index (χ3n) is 5.09. The molecule has 0 aromatic heterocycles. The van der Waals surface area contributed by atoms with Crippen LogP contribution in [0.2, 0.25) is 0 Å². The highest BCUT2D eigenvalue weighted by Gasteiger charge is 2.42. The van der Waals surface area contributed by atoms with Crippen LogP contribution in [0.15, 0.2) is 46.9 Å². The lowest BCUT2D eigenvalue weighted by Gasteiger charge is -2.28. The fourth-order valence-electron chi connectivity index (χ4n) is 3.77. The van der Waals surface area contributed by atoms with E-state index in [4.69, 9.17) is 9.47 Å². The maximum absolute atomic E-state index is 13.2. The first-order chi connectivity index (χ1) is 12.2. The van der Waals surface area contributed by atoms with Crippen LogP contribution in [0.4, 0.5) is 5.69 Å². The van der Waals surface area contributed by atoms with Crippen LogP contribution in [0, 0.1) is 0 Å². The number of rotatable bonds is 3. The van der Waals surface area contributed by atoms with Crippen LogP contribution in [0.3, 0.4) is 0 Å². The van der Waals surface area contributed by atoms with E-state index in [9.17, 15) is 4.79 Å². The van der Waals surface area contributed by atoms with Gasteiger partial charge in [0.15, 0.2) is 11.5 Å². The van der Waals surface area contributed by atoms with Crippen molar-refractivity contribution in [3.8, 4) is 11.5 Å². The molecule has 0 spiro atoms. The van der Waals surface area contributed by atoms with Crippen molar-refractivity contribution in [1.29, 1.82) is 0 Å². The molecule has 25 heavy (non-hydrogen) atoms. The molecule has 1 N–H and O–H groups in total. The molecule has 0 bridgehead atoms. The number of ether oxygens (including phenoxy) is 2. The van der Waals surface area contributed by atoms with E-state index in [1.807, 2.05) is 30.3 Å². The Morgan fingerprint density at radius 1 is 0.960 bits per heavy atom. The third kappa shape index (κ3) is 3.13. The molecular formula is C20H20BrNO3. The van der Waals surface area contributed by atoms with Gasteiger partial charge in [-0.05, 0) is 42.7 Å². The number of halogens is 1. The van der Waals surface area contributed by atoms with Gasteiger partial charge in [0.05, 0.1) is 5.41 Å². The molecule has 1 aliphatic heterocycles. The Balaban J connectivity index is 1.60. The van der Waals surface area contributed by atoms with Crippen LogP contribution >= 0.6 is 15.9 Å². The molecule has 1 aliphatic carbocycles. The average molecular weight is 402 g/mol. The van der Waals surface area contributed by atoms with E-state index in [-0.39, 0.29) is 5.91 Å². The minimum Gasteiger partial charge on any atom is -0.486 e. The fourth-order valence-corrected chi connectivity index (χ4v) is 4.03. The van der Waals surface area contributed by atoms with Gasteiger partial charge in [-0.1, -0.05) is 40.9 Å². The first kappa shape index (κ1) is 16.5. The molecule has 4 rings (SSSR count). The van der Waals surface area contributed by atoms with Crippen molar-refractivity contribution in [2.24, 2.45) is 0 Å². The molecule has 1 amide bonds. The number of hydrogen-bond acceptors (Lipinski definition) is 3. The van der Waals surface area contributed by atoms with Crippen molar-refractivity contribution in [1.82, 2.24) is 0 Å². The molecule has 0 saturated heterocycles. The summed E-state index contributed by atoms with van der Waals surface area (Å²) in [6.07, 6.45) is 3.91. The number of benzene rings is 2. The smallest absolute Gasteiger partial charge is 0.235 e. The number of amides is 1. The van der Waals surface area contributed by atoms with E-state index in [2.05, 4.69) is 33.4 Å². The molecule has 2 aromatic rings. The average Bonchev–Trinajstić information content (AvgIpc) is 3.13. The van der Waals surface area contributed by atoms with Gasteiger partial charge in [0.25, 0.3) is 0 Å². The molecule has 2 aromatic carbocycles. The van der Waals surface area contributed by atoms with Crippen molar-refractivity contribution >= 4 is 27.5 Å². The number of anilines is 1. The molecule has 1 heterocycles. The lowest BCUT2D eigenvalue weighted by atomic mass is 9.78. The number of fused-ring (bicyclic) bond motifs is 1. The summed E-state index contributed by atoms with van der Waals surface area (Å²) in [5.41, 5.74) is 1.38. The Morgan fingerprint density at radius 2 is 1.64 bits per heavy atom. The topological polar surface area (TPSA) is 47.6 Å². The summed E-state index contributed by atoms with van der Waals surface area (Å²) >= 11 is 3.47. The van der Waals surface area contributed by atoms with Gasteiger partial charge < -0.3 is 14.8 Å². The van der Waals surface area contributed by atoms with Gasteiger partial charge in [-0.2, -0.15) is 0 Å². The Bertz CT molecular complexity index is 782. The molecule has 0 unspecified atom stereocenters. The van der Waals surface area contributed by atoms with E-state index < -0.39 is 5.41 Å². The highest BCUT2D eigenvalue weighted by Crippen LogP contribution is 2.43. The molecule has 5 heteroatoms. The molecule has 1 saturated carbocycles. The number of nitrogens with one attached hydrogen (secondary N) is 1. The number of carbonyl (C=O) groups is 1. The second kappa shape index (κ2) is 6.71. The van der Waals surface area contributed by atoms with Crippen LogP contribution in [-0.2, 0) is 10.2 Å². The van der Waals surface area contributed by atoms with Gasteiger partial charge in [-0.3, -0.25) is 4.79 Å². The van der Waals surface area contributed by atoms with Crippen LogP contribution in [-0.4, -0.2) is 19.1 Å². The maximum Gasteiger partial charge on any atom is 0.235 e. The van der Waals surface area contributed by atoms with Crippen molar-refractivity contribution in [3.05, 3.63) is 52.5 Å². The van der Waals surface area contributed by atoms with Crippen LogP contribution in [0.5, 0.6) is 11.5 Å². The number of carbonyl (C=O) groups excluding carboxylic acids is 1. The van der Waals surface area contributed by atoms with Crippen LogP contribution in [0.1, 0.15) is 31.2 Å². The van der Waals surface area contributed by atoms with E-state index in [1.165, 1.54) is 0 Å². The highest BCUT2D eigenvalue weighted by molar-refractivity contribution is 9.10. The van der Waals surface area contributed by atoms with E-state index >= 15 is 0 Å². The summed E-state index contributed by atoms with van der Waals surface area (Å²) in [6.45, 7) is 1.10. The molecule has 1 fully saturated rings. The van der Waals surface area contributed by atoms with E-state index in [0.717, 1.165) is 47.2 Å². The van der Waals surface area contributed by atoms with Crippen molar-refractivity contribution in [3.63, 3.8) is 0 Å². The standard InChI is InChI=1S/C20H20BrNO3/c21-15-5-3-14(4-6-15)20(9-1-2-10-20)19(23)22-16-7-8-17-18(13-16)25-12-11-24-17/h3-8,13H,1-2,9-12H2,(H,22,23). The second-order valence-electron chi connectivity index (χ2n) is 6.61. The summed E-state index contributed by atoms with van der Waals surface area (Å²) in [5, 5.41) is 3.10. The molecule has 0 atom stereocenters. The zero-order valence-corrected chi connectivity index (χ0v) is 15.5. The van der Waals surface area contributed by atoms with Gasteiger partial charge in [0.1, 0.15) is 13.2 Å². The molecule has 0 radical (unpaired) electrons. The van der Waals surface area contributed by atoms with Crippen molar-refractivity contribution in [2.45, 2.75) is 31.1 Å². The van der Waals surface area contributed by atoms with Gasteiger partial charge in [0.2, 0.25) is 5.91 Å².